The number of aromatic nitrogens is 5. The van der Waals surface area contributed by atoms with Crippen LogP contribution in [0.25, 0.3) is 0 Å². The summed E-state index contributed by atoms with van der Waals surface area (Å²) in [6, 6.07) is 1.77. The van der Waals surface area contributed by atoms with Gasteiger partial charge in [-0.3, -0.25) is 4.68 Å². The summed E-state index contributed by atoms with van der Waals surface area (Å²) >= 11 is 0. The SMILES string of the molecule is CCn1nccc1C(O)c1cn[nH]n1. The van der Waals surface area contributed by atoms with E-state index in [0.29, 0.717) is 5.69 Å². The number of aromatic amines is 1. The maximum Gasteiger partial charge on any atom is 0.141 e. The molecule has 0 saturated carbocycles. The van der Waals surface area contributed by atoms with Gasteiger partial charge in [0.1, 0.15) is 11.8 Å². The van der Waals surface area contributed by atoms with Gasteiger partial charge in [0.05, 0.1) is 11.9 Å². The number of nitrogens with one attached hydrogen (secondary N) is 1. The van der Waals surface area contributed by atoms with Crippen LogP contribution in [0, 0.1) is 0 Å². The number of aliphatic hydroxyl groups is 1. The first kappa shape index (κ1) is 8.89. The van der Waals surface area contributed by atoms with E-state index in [4.69, 9.17) is 0 Å². The highest BCUT2D eigenvalue weighted by atomic mass is 16.3. The number of rotatable bonds is 3. The topological polar surface area (TPSA) is 79.6 Å². The molecule has 2 aromatic rings. The molecule has 0 aliphatic carbocycles. The van der Waals surface area contributed by atoms with Gasteiger partial charge in [-0.2, -0.15) is 20.5 Å². The number of hydrogen-bond acceptors (Lipinski definition) is 4. The lowest BCUT2D eigenvalue weighted by molar-refractivity contribution is 0.203. The maximum absolute atomic E-state index is 9.90. The van der Waals surface area contributed by atoms with Gasteiger partial charge >= 0.3 is 0 Å². The number of hydrogen-bond donors (Lipinski definition) is 2. The van der Waals surface area contributed by atoms with E-state index in [9.17, 15) is 5.11 Å². The molecule has 1 atom stereocenters. The van der Waals surface area contributed by atoms with Crippen LogP contribution in [-0.2, 0) is 6.54 Å². The third-order valence-corrected chi connectivity index (χ3v) is 2.04. The van der Waals surface area contributed by atoms with Crippen molar-refractivity contribution in [3.05, 3.63) is 29.8 Å². The Hall–Kier alpha value is -1.69. The molecule has 0 spiro atoms. The zero-order valence-electron chi connectivity index (χ0n) is 7.75. The summed E-state index contributed by atoms with van der Waals surface area (Å²) < 4.78 is 1.72. The van der Waals surface area contributed by atoms with Crippen LogP contribution in [0.4, 0.5) is 0 Å². The van der Waals surface area contributed by atoms with Crippen LogP contribution in [0.1, 0.15) is 24.4 Å². The Morgan fingerprint density at radius 2 is 2.50 bits per heavy atom. The Bertz CT molecular complexity index is 394. The normalized spacial score (nSPS) is 13.0. The number of H-pyrrole nitrogens is 1. The van der Waals surface area contributed by atoms with Crippen LogP contribution >= 0.6 is 0 Å². The fourth-order valence-corrected chi connectivity index (χ4v) is 1.33. The molecule has 2 heterocycles. The molecular formula is C8H11N5O. The van der Waals surface area contributed by atoms with Crippen molar-refractivity contribution in [3.8, 4) is 0 Å². The second-order valence-electron chi connectivity index (χ2n) is 2.87. The smallest absolute Gasteiger partial charge is 0.141 e. The lowest BCUT2D eigenvalue weighted by Gasteiger charge is -2.08. The molecular weight excluding hydrogens is 182 g/mol. The first-order chi connectivity index (χ1) is 6.83. The van der Waals surface area contributed by atoms with Gasteiger partial charge in [-0.15, -0.1) is 0 Å². The fraction of sp³-hybridized carbons (Fsp3) is 0.375. The van der Waals surface area contributed by atoms with E-state index in [2.05, 4.69) is 20.5 Å². The average Bonchev–Trinajstić information content (AvgIpc) is 2.87. The van der Waals surface area contributed by atoms with Gasteiger partial charge in [0.25, 0.3) is 0 Å². The standard InChI is InChI=1S/C8H11N5O/c1-2-13-7(3-4-10-13)8(14)6-5-9-12-11-6/h3-5,8,14H,2H2,1H3,(H,9,11,12). The Morgan fingerprint density at radius 3 is 3.14 bits per heavy atom. The van der Waals surface area contributed by atoms with Crippen molar-refractivity contribution in [2.75, 3.05) is 0 Å². The molecule has 6 nitrogen and oxygen atoms in total. The van der Waals surface area contributed by atoms with Crippen molar-refractivity contribution in [3.63, 3.8) is 0 Å². The molecule has 1 unspecified atom stereocenters. The molecule has 2 aromatic heterocycles. The van der Waals surface area contributed by atoms with Crippen molar-refractivity contribution in [2.24, 2.45) is 0 Å². The minimum Gasteiger partial charge on any atom is -0.380 e. The fourth-order valence-electron chi connectivity index (χ4n) is 1.33. The third kappa shape index (κ3) is 1.39. The van der Waals surface area contributed by atoms with E-state index < -0.39 is 6.10 Å². The summed E-state index contributed by atoms with van der Waals surface area (Å²) in [6.07, 6.45) is 2.39. The maximum atomic E-state index is 9.90. The molecule has 0 aliphatic heterocycles. The summed E-state index contributed by atoms with van der Waals surface area (Å²) in [5.41, 5.74) is 1.22. The zero-order chi connectivity index (χ0) is 9.97. The molecule has 2 rings (SSSR count). The summed E-state index contributed by atoms with van der Waals surface area (Å²) in [5.74, 6) is 0. The van der Waals surface area contributed by atoms with Crippen molar-refractivity contribution < 1.29 is 5.11 Å². The van der Waals surface area contributed by atoms with Crippen LogP contribution in [-0.4, -0.2) is 30.3 Å². The molecule has 0 radical (unpaired) electrons. The predicted molar refractivity (Wildman–Crippen MR) is 48.3 cm³/mol. The second-order valence-corrected chi connectivity index (χ2v) is 2.87. The predicted octanol–water partition coefficient (Wildman–Crippen LogP) is 0.103. The van der Waals surface area contributed by atoms with Crippen LogP contribution in [0.5, 0.6) is 0 Å². The van der Waals surface area contributed by atoms with E-state index in [-0.39, 0.29) is 0 Å². The van der Waals surface area contributed by atoms with Crippen molar-refractivity contribution in [2.45, 2.75) is 19.6 Å². The van der Waals surface area contributed by atoms with Crippen molar-refractivity contribution >= 4 is 0 Å². The number of nitrogens with zero attached hydrogens (tertiary/aromatic N) is 4. The van der Waals surface area contributed by atoms with E-state index in [1.165, 1.54) is 6.20 Å². The highest BCUT2D eigenvalue weighted by Crippen LogP contribution is 2.18. The Labute approximate surface area is 80.6 Å². The Morgan fingerprint density at radius 1 is 1.64 bits per heavy atom. The molecule has 0 aliphatic rings. The molecule has 6 heteroatoms. The number of aryl methyl sites for hydroxylation is 1. The largest absolute Gasteiger partial charge is 0.380 e. The Kier molecular flexibility index (Phi) is 2.28. The molecule has 74 valence electrons. The zero-order valence-corrected chi connectivity index (χ0v) is 7.75. The van der Waals surface area contributed by atoms with Crippen LogP contribution in [0.15, 0.2) is 18.5 Å². The average molecular weight is 193 g/mol. The van der Waals surface area contributed by atoms with Crippen LogP contribution in [0.2, 0.25) is 0 Å². The highest BCUT2D eigenvalue weighted by molar-refractivity contribution is 5.15. The molecule has 0 bridgehead atoms. The summed E-state index contributed by atoms with van der Waals surface area (Å²) in [5, 5.41) is 23.9. The van der Waals surface area contributed by atoms with Gasteiger partial charge in [0, 0.05) is 12.7 Å². The van der Waals surface area contributed by atoms with E-state index in [1.54, 1.807) is 16.9 Å². The molecule has 2 N–H and O–H groups in total. The van der Waals surface area contributed by atoms with Crippen LogP contribution in [0.3, 0.4) is 0 Å². The second kappa shape index (κ2) is 3.59. The lowest BCUT2D eigenvalue weighted by Crippen LogP contribution is -2.09. The van der Waals surface area contributed by atoms with Gasteiger partial charge in [-0.1, -0.05) is 0 Å². The quantitative estimate of drug-likeness (QED) is 0.724. The minimum absolute atomic E-state index is 0.500. The lowest BCUT2D eigenvalue weighted by atomic mass is 10.2. The van der Waals surface area contributed by atoms with Gasteiger partial charge in [-0.25, -0.2) is 0 Å². The minimum atomic E-state index is -0.767. The van der Waals surface area contributed by atoms with E-state index >= 15 is 0 Å². The summed E-state index contributed by atoms with van der Waals surface area (Å²) in [7, 11) is 0. The van der Waals surface area contributed by atoms with Gasteiger partial charge in [-0.05, 0) is 13.0 Å². The molecule has 14 heavy (non-hydrogen) atoms. The highest BCUT2D eigenvalue weighted by Gasteiger charge is 2.16. The van der Waals surface area contributed by atoms with Gasteiger partial charge < -0.3 is 5.11 Å². The summed E-state index contributed by atoms with van der Waals surface area (Å²) in [4.78, 5) is 0. The molecule has 0 fully saturated rings. The Balaban J connectivity index is 2.31. The monoisotopic (exact) mass is 193 g/mol. The van der Waals surface area contributed by atoms with Gasteiger partial charge in [0.2, 0.25) is 0 Å². The summed E-state index contributed by atoms with van der Waals surface area (Å²) in [6.45, 7) is 2.68. The van der Waals surface area contributed by atoms with Crippen LogP contribution < -0.4 is 0 Å². The molecule has 0 amide bonds. The van der Waals surface area contributed by atoms with Gasteiger partial charge in [0.15, 0.2) is 0 Å². The first-order valence-corrected chi connectivity index (χ1v) is 4.38. The van der Waals surface area contributed by atoms with Crippen molar-refractivity contribution in [1.29, 1.82) is 0 Å². The molecule has 0 saturated heterocycles. The first-order valence-electron chi connectivity index (χ1n) is 4.38. The van der Waals surface area contributed by atoms with E-state index in [0.717, 1.165) is 12.2 Å². The van der Waals surface area contributed by atoms with Crippen molar-refractivity contribution in [1.82, 2.24) is 25.2 Å². The van der Waals surface area contributed by atoms with E-state index in [1.807, 2.05) is 6.92 Å². The molecule has 0 aromatic carbocycles. The third-order valence-electron chi connectivity index (χ3n) is 2.04. The number of aliphatic hydroxyl groups excluding tert-OH is 1.